The van der Waals surface area contributed by atoms with Gasteiger partial charge in [0, 0.05) is 13.6 Å². The number of aryl methyl sites for hydroxylation is 1. The number of nitrogens with one attached hydrogen (secondary N) is 1. The first-order valence-electron chi connectivity index (χ1n) is 5.77. The van der Waals surface area contributed by atoms with Gasteiger partial charge in [-0.25, -0.2) is 4.68 Å². The van der Waals surface area contributed by atoms with Crippen LogP contribution in [0.5, 0.6) is 0 Å². The monoisotopic (exact) mass is 245 g/mol. The van der Waals surface area contributed by atoms with Gasteiger partial charge >= 0.3 is 0 Å². The third-order valence-corrected chi connectivity index (χ3v) is 2.61. The Morgan fingerprint density at radius 3 is 2.78 bits per heavy atom. The number of carbonyl (C=O) groups is 1. The number of hydrogen-bond donors (Lipinski definition) is 1. The first-order chi connectivity index (χ1) is 8.75. The number of amides is 1. The largest absolute Gasteiger partial charge is 0.355 e. The van der Waals surface area contributed by atoms with Crippen molar-refractivity contribution in [1.82, 2.24) is 25.5 Å². The summed E-state index contributed by atoms with van der Waals surface area (Å²) in [7, 11) is 1.71. The van der Waals surface area contributed by atoms with Gasteiger partial charge in [0.25, 0.3) is 0 Å². The topological polar surface area (TPSA) is 72.7 Å². The van der Waals surface area contributed by atoms with Crippen LogP contribution in [0.2, 0.25) is 0 Å². The van der Waals surface area contributed by atoms with Crippen LogP contribution in [0.1, 0.15) is 11.4 Å². The maximum atomic E-state index is 11.6. The molecule has 0 aliphatic heterocycles. The highest BCUT2D eigenvalue weighted by atomic mass is 16.1. The second-order valence-electron chi connectivity index (χ2n) is 3.98. The molecule has 18 heavy (non-hydrogen) atoms. The highest BCUT2D eigenvalue weighted by Gasteiger charge is 2.08. The summed E-state index contributed by atoms with van der Waals surface area (Å²) in [4.78, 5) is 11.6. The zero-order valence-corrected chi connectivity index (χ0v) is 10.2. The van der Waals surface area contributed by atoms with Crippen molar-refractivity contribution in [3.63, 3.8) is 0 Å². The van der Waals surface area contributed by atoms with Crippen LogP contribution in [0.15, 0.2) is 30.3 Å². The van der Waals surface area contributed by atoms with Gasteiger partial charge in [-0.2, -0.15) is 0 Å². The Balaban J connectivity index is 1.74. The van der Waals surface area contributed by atoms with E-state index in [1.54, 1.807) is 7.05 Å². The minimum Gasteiger partial charge on any atom is -0.355 e. The Morgan fingerprint density at radius 1 is 1.33 bits per heavy atom. The van der Waals surface area contributed by atoms with E-state index < -0.39 is 0 Å². The average Bonchev–Trinajstić information content (AvgIpc) is 2.76. The molecule has 6 nitrogen and oxygen atoms in total. The number of benzene rings is 1. The molecule has 0 unspecified atom stereocenters. The van der Waals surface area contributed by atoms with E-state index in [2.05, 4.69) is 20.8 Å². The molecule has 2 rings (SSSR count). The van der Waals surface area contributed by atoms with Crippen LogP contribution in [0.4, 0.5) is 0 Å². The van der Waals surface area contributed by atoms with E-state index in [9.17, 15) is 4.79 Å². The normalized spacial score (nSPS) is 10.3. The van der Waals surface area contributed by atoms with E-state index >= 15 is 0 Å². The van der Waals surface area contributed by atoms with Gasteiger partial charge in [0.2, 0.25) is 5.91 Å². The molecule has 0 aliphatic carbocycles. The quantitative estimate of drug-likeness (QED) is 0.811. The molecular formula is C12H15N5O. The van der Waals surface area contributed by atoms with Crippen molar-refractivity contribution in [2.24, 2.45) is 7.05 Å². The van der Waals surface area contributed by atoms with E-state index in [4.69, 9.17) is 0 Å². The van der Waals surface area contributed by atoms with Crippen LogP contribution in [0.3, 0.4) is 0 Å². The Bertz CT molecular complexity index is 508. The number of nitrogens with zero attached hydrogens (tertiary/aromatic N) is 4. The molecule has 94 valence electrons. The molecule has 6 heteroatoms. The Morgan fingerprint density at radius 2 is 2.11 bits per heavy atom. The van der Waals surface area contributed by atoms with Crippen molar-refractivity contribution in [2.45, 2.75) is 12.8 Å². The van der Waals surface area contributed by atoms with E-state index in [0.717, 1.165) is 6.42 Å². The Kier molecular flexibility index (Phi) is 4.01. The fraction of sp³-hybridized carbons (Fsp3) is 0.333. The fourth-order valence-electron chi connectivity index (χ4n) is 1.59. The van der Waals surface area contributed by atoms with Crippen molar-refractivity contribution in [1.29, 1.82) is 0 Å². The molecule has 0 saturated heterocycles. The van der Waals surface area contributed by atoms with Gasteiger partial charge in [0.15, 0.2) is 5.82 Å². The van der Waals surface area contributed by atoms with E-state index in [0.29, 0.717) is 12.4 Å². The molecule has 0 bridgehead atoms. The van der Waals surface area contributed by atoms with E-state index in [1.807, 2.05) is 30.3 Å². The summed E-state index contributed by atoms with van der Waals surface area (Å²) in [6.45, 7) is 0.619. The molecule has 0 spiro atoms. The van der Waals surface area contributed by atoms with E-state index in [-0.39, 0.29) is 12.3 Å². The maximum Gasteiger partial charge on any atom is 0.227 e. The molecule has 1 amide bonds. The first kappa shape index (κ1) is 12.2. The predicted molar refractivity (Wildman–Crippen MR) is 65.7 cm³/mol. The molecule has 2 aromatic rings. The highest BCUT2D eigenvalue weighted by Crippen LogP contribution is 1.98. The van der Waals surface area contributed by atoms with Gasteiger partial charge in [-0.15, -0.1) is 5.10 Å². The summed E-state index contributed by atoms with van der Waals surface area (Å²) in [6, 6.07) is 10.0. The van der Waals surface area contributed by atoms with Crippen LogP contribution in [0, 0.1) is 0 Å². The second-order valence-corrected chi connectivity index (χ2v) is 3.98. The summed E-state index contributed by atoms with van der Waals surface area (Å²) in [5.74, 6) is 0.496. The van der Waals surface area contributed by atoms with Gasteiger partial charge in [-0.05, 0) is 22.4 Å². The molecule has 1 N–H and O–H groups in total. The third kappa shape index (κ3) is 3.38. The number of rotatable bonds is 5. The molecule has 1 heterocycles. The third-order valence-electron chi connectivity index (χ3n) is 2.61. The number of aromatic nitrogens is 4. The highest BCUT2D eigenvalue weighted by molar-refractivity contribution is 5.77. The lowest BCUT2D eigenvalue weighted by Gasteiger charge is -2.04. The molecule has 0 radical (unpaired) electrons. The van der Waals surface area contributed by atoms with Crippen LogP contribution in [-0.2, 0) is 24.7 Å². The van der Waals surface area contributed by atoms with Gasteiger partial charge < -0.3 is 5.32 Å². The molecule has 0 fully saturated rings. The molecule has 0 aliphatic rings. The van der Waals surface area contributed by atoms with Crippen LogP contribution >= 0.6 is 0 Å². The molecule has 1 aromatic heterocycles. The number of hydrogen-bond acceptors (Lipinski definition) is 4. The molecule has 1 aromatic carbocycles. The van der Waals surface area contributed by atoms with Crippen molar-refractivity contribution >= 4 is 5.91 Å². The Labute approximate surface area is 105 Å². The van der Waals surface area contributed by atoms with Crippen molar-refractivity contribution in [3.05, 3.63) is 41.7 Å². The lowest BCUT2D eigenvalue weighted by molar-refractivity contribution is -0.120. The SMILES string of the molecule is Cn1nnnc1CC(=O)NCCc1ccccc1. The van der Waals surface area contributed by atoms with Gasteiger partial charge in [0.1, 0.15) is 0 Å². The first-order valence-corrected chi connectivity index (χ1v) is 5.77. The van der Waals surface area contributed by atoms with Crippen LogP contribution in [-0.4, -0.2) is 32.7 Å². The number of carbonyl (C=O) groups excluding carboxylic acids is 1. The fourth-order valence-corrected chi connectivity index (χ4v) is 1.59. The van der Waals surface area contributed by atoms with Gasteiger partial charge in [0.05, 0.1) is 6.42 Å². The molecule has 0 atom stereocenters. The summed E-state index contributed by atoms with van der Waals surface area (Å²) < 4.78 is 1.50. The lowest BCUT2D eigenvalue weighted by atomic mass is 10.1. The number of tetrazole rings is 1. The van der Waals surface area contributed by atoms with Gasteiger partial charge in [-0.3, -0.25) is 4.79 Å². The minimum atomic E-state index is -0.0659. The maximum absolute atomic E-state index is 11.6. The van der Waals surface area contributed by atoms with Crippen LogP contribution in [0.25, 0.3) is 0 Å². The molecular weight excluding hydrogens is 230 g/mol. The summed E-state index contributed by atoms with van der Waals surface area (Å²) in [6.07, 6.45) is 1.03. The zero-order chi connectivity index (χ0) is 12.8. The van der Waals surface area contributed by atoms with Crippen molar-refractivity contribution in [3.8, 4) is 0 Å². The van der Waals surface area contributed by atoms with Crippen molar-refractivity contribution < 1.29 is 4.79 Å². The summed E-state index contributed by atoms with van der Waals surface area (Å²) in [5, 5.41) is 13.8. The zero-order valence-electron chi connectivity index (χ0n) is 10.2. The standard InChI is InChI=1S/C12H15N5O/c1-17-11(14-15-16-17)9-12(18)13-8-7-10-5-3-2-4-6-10/h2-6H,7-9H2,1H3,(H,13,18). The average molecular weight is 245 g/mol. The second kappa shape index (κ2) is 5.90. The summed E-state index contributed by atoms with van der Waals surface area (Å²) in [5.41, 5.74) is 1.21. The summed E-state index contributed by atoms with van der Waals surface area (Å²) >= 11 is 0. The lowest BCUT2D eigenvalue weighted by Crippen LogP contribution is -2.28. The molecule has 0 saturated carbocycles. The Hall–Kier alpha value is -2.24. The smallest absolute Gasteiger partial charge is 0.227 e. The predicted octanol–water partition coefficient (Wildman–Crippen LogP) is 0.111. The van der Waals surface area contributed by atoms with Crippen molar-refractivity contribution in [2.75, 3.05) is 6.54 Å². The van der Waals surface area contributed by atoms with Crippen LogP contribution < -0.4 is 5.32 Å². The van der Waals surface area contributed by atoms with Gasteiger partial charge in [-0.1, -0.05) is 30.3 Å². The van der Waals surface area contributed by atoms with E-state index in [1.165, 1.54) is 10.2 Å². The minimum absolute atomic E-state index is 0.0659.